The van der Waals surface area contributed by atoms with Gasteiger partial charge in [-0.25, -0.2) is 9.59 Å². The largest absolute Gasteiger partial charge is 0.480 e. The molecule has 0 aliphatic rings. The average molecular weight is 260 g/mol. The third-order valence-electron chi connectivity index (χ3n) is 2.03. The molecule has 0 aliphatic carbocycles. The lowest BCUT2D eigenvalue weighted by Gasteiger charge is -2.20. The fourth-order valence-corrected chi connectivity index (χ4v) is 1.42. The standard InChI is InChI=1S/C10H20N4O4/c1-6(5-14(2)3)12-10(18)13-7(9(16)17)4-8(11)15/h6-7H,4-5H2,1-3H3,(H2,11,15)(H,16,17)(H2,12,13,18)/t6?,7-/m1/s1. The highest BCUT2D eigenvalue weighted by Crippen LogP contribution is 1.92. The Bertz CT molecular complexity index is 319. The second kappa shape index (κ2) is 7.49. The molecular weight excluding hydrogens is 240 g/mol. The van der Waals surface area contributed by atoms with Crippen molar-refractivity contribution in [2.45, 2.75) is 25.4 Å². The number of carboxylic acid groups (broad SMARTS) is 1. The number of urea groups is 1. The van der Waals surface area contributed by atoms with Crippen molar-refractivity contribution in [1.82, 2.24) is 15.5 Å². The zero-order valence-electron chi connectivity index (χ0n) is 10.8. The summed E-state index contributed by atoms with van der Waals surface area (Å²) in [6.07, 6.45) is -0.440. The van der Waals surface area contributed by atoms with Gasteiger partial charge in [0.2, 0.25) is 5.91 Å². The minimum absolute atomic E-state index is 0.150. The Morgan fingerprint density at radius 3 is 2.22 bits per heavy atom. The number of carbonyl (C=O) groups is 3. The molecular formula is C10H20N4O4. The first-order chi connectivity index (χ1) is 8.22. The molecule has 0 aromatic rings. The van der Waals surface area contributed by atoms with Gasteiger partial charge in [-0.2, -0.15) is 0 Å². The number of hydrogen-bond acceptors (Lipinski definition) is 4. The van der Waals surface area contributed by atoms with E-state index in [1.807, 2.05) is 19.0 Å². The summed E-state index contributed by atoms with van der Waals surface area (Å²) in [5.74, 6) is -2.09. The minimum atomic E-state index is -1.31. The normalized spacial score (nSPS) is 13.8. The van der Waals surface area contributed by atoms with Gasteiger partial charge >= 0.3 is 12.0 Å². The van der Waals surface area contributed by atoms with E-state index in [-0.39, 0.29) is 6.04 Å². The number of hydrogen-bond donors (Lipinski definition) is 4. The summed E-state index contributed by atoms with van der Waals surface area (Å²) >= 11 is 0. The van der Waals surface area contributed by atoms with Gasteiger partial charge in [0, 0.05) is 12.6 Å². The quantitative estimate of drug-likeness (QED) is 0.446. The number of primary amides is 1. The molecule has 0 saturated heterocycles. The van der Waals surface area contributed by atoms with E-state index >= 15 is 0 Å². The molecule has 0 spiro atoms. The number of nitrogens with two attached hydrogens (primary N) is 1. The van der Waals surface area contributed by atoms with Crippen molar-refractivity contribution in [2.75, 3.05) is 20.6 Å². The molecule has 0 radical (unpaired) electrons. The predicted octanol–water partition coefficient (Wildman–Crippen LogP) is -1.44. The van der Waals surface area contributed by atoms with E-state index in [2.05, 4.69) is 10.6 Å². The number of nitrogens with one attached hydrogen (secondary N) is 2. The summed E-state index contributed by atoms with van der Waals surface area (Å²) in [4.78, 5) is 34.8. The van der Waals surface area contributed by atoms with E-state index in [9.17, 15) is 14.4 Å². The molecule has 8 heteroatoms. The van der Waals surface area contributed by atoms with E-state index in [0.717, 1.165) is 0 Å². The number of rotatable bonds is 7. The second-order valence-electron chi connectivity index (χ2n) is 4.34. The maximum absolute atomic E-state index is 11.5. The van der Waals surface area contributed by atoms with Crippen molar-refractivity contribution in [1.29, 1.82) is 0 Å². The van der Waals surface area contributed by atoms with Crippen LogP contribution in [0, 0.1) is 0 Å². The lowest BCUT2D eigenvalue weighted by Crippen LogP contribution is -2.51. The maximum atomic E-state index is 11.5. The Morgan fingerprint density at radius 2 is 1.83 bits per heavy atom. The highest BCUT2D eigenvalue weighted by Gasteiger charge is 2.22. The van der Waals surface area contributed by atoms with Crippen LogP contribution in [0.15, 0.2) is 0 Å². The summed E-state index contributed by atoms with van der Waals surface area (Å²) in [7, 11) is 3.70. The third kappa shape index (κ3) is 7.44. The van der Waals surface area contributed by atoms with Crippen LogP contribution >= 0.6 is 0 Å². The fourth-order valence-electron chi connectivity index (χ4n) is 1.42. The molecule has 0 aliphatic heterocycles. The Hall–Kier alpha value is -1.83. The number of likely N-dealkylation sites (N-methyl/N-ethyl adjacent to an activating group) is 1. The topological polar surface area (TPSA) is 125 Å². The third-order valence-corrected chi connectivity index (χ3v) is 2.03. The SMILES string of the molecule is CC(CN(C)C)NC(=O)N[C@H](CC(N)=O)C(=O)O. The van der Waals surface area contributed by atoms with Gasteiger partial charge in [-0.05, 0) is 21.0 Å². The number of amides is 3. The molecule has 0 fully saturated rings. The maximum Gasteiger partial charge on any atom is 0.326 e. The first-order valence-electron chi connectivity index (χ1n) is 5.45. The van der Waals surface area contributed by atoms with Gasteiger partial charge < -0.3 is 26.4 Å². The van der Waals surface area contributed by atoms with Crippen LogP contribution in [0.1, 0.15) is 13.3 Å². The highest BCUT2D eigenvalue weighted by molar-refractivity contribution is 5.87. The van der Waals surface area contributed by atoms with Crippen molar-refractivity contribution in [3.05, 3.63) is 0 Å². The molecule has 0 aromatic carbocycles. The summed E-state index contributed by atoms with van der Waals surface area (Å²) in [6.45, 7) is 2.39. The van der Waals surface area contributed by atoms with Crippen LogP contribution in [-0.4, -0.2) is 60.6 Å². The van der Waals surface area contributed by atoms with Gasteiger partial charge in [0.15, 0.2) is 0 Å². The van der Waals surface area contributed by atoms with E-state index in [1.165, 1.54) is 0 Å². The van der Waals surface area contributed by atoms with Gasteiger partial charge in [-0.1, -0.05) is 0 Å². The number of nitrogens with zero attached hydrogens (tertiary/aromatic N) is 1. The van der Waals surface area contributed by atoms with Gasteiger partial charge in [-0.3, -0.25) is 4.79 Å². The molecule has 18 heavy (non-hydrogen) atoms. The van der Waals surface area contributed by atoms with E-state index in [4.69, 9.17) is 10.8 Å². The Balaban J connectivity index is 4.25. The van der Waals surface area contributed by atoms with Crippen molar-refractivity contribution in [2.24, 2.45) is 5.73 Å². The van der Waals surface area contributed by atoms with E-state index in [1.54, 1.807) is 6.92 Å². The zero-order valence-corrected chi connectivity index (χ0v) is 10.8. The summed E-state index contributed by atoms with van der Waals surface area (Å²) in [6, 6.07) is -2.10. The molecule has 8 nitrogen and oxygen atoms in total. The smallest absolute Gasteiger partial charge is 0.326 e. The molecule has 5 N–H and O–H groups in total. The lowest BCUT2D eigenvalue weighted by molar-refractivity contribution is -0.140. The number of carboxylic acids is 1. The van der Waals surface area contributed by atoms with Crippen LogP contribution in [0.5, 0.6) is 0 Å². The van der Waals surface area contributed by atoms with Crippen molar-refractivity contribution in [3.8, 4) is 0 Å². The molecule has 104 valence electrons. The van der Waals surface area contributed by atoms with Crippen LogP contribution in [0.4, 0.5) is 4.79 Å². The molecule has 2 atom stereocenters. The summed E-state index contributed by atoms with van der Waals surface area (Å²) < 4.78 is 0. The molecule has 0 bridgehead atoms. The average Bonchev–Trinajstić information content (AvgIpc) is 2.13. The van der Waals surface area contributed by atoms with Gasteiger partial charge in [0.05, 0.1) is 6.42 Å². The number of carbonyl (C=O) groups excluding carboxylic acids is 2. The highest BCUT2D eigenvalue weighted by atomic mass is 16.4. The van der Waals surface area contributed by atoms with Crippen LogP contribution < -0.4 is 16.4 Å². The molecule has 1 unspecified atom stereocenters. The molecule has 0 rings (SSSR count). The van der Waals surface area contributed by atoms with Crippen molar-refractivity contribution >= 4 is 17.9 Å². The van der Waals surface area contributed by atoms with Gasteiger partial charge in [-0.15, -0.1) is 0 Å². The first-order valence-corrected chi connectivity index (χ1v) is 5.45. The summed E-state index contributed by atoms with van der Waals surface area (Å²) in [5.41, 5.74) is 4.89. The number of aliphatic carboxylic acids is 1. The predicted molar refractivity (Wildman–Crippen MR) is 64.9 cm³/mol. The molecule has 0 saturated carbocycles. The van der Waals surface area contributed by atoms with E-state index < -0.39 is 30.4 Å². The Kier molecular flexibility index (Phi) is 6.73. The second-order valence-corrected chi connectivity index (χ2v) is 4.34. The summed E-state index contributed by atoms with van der Waals surface area (Å²) in [5, 5.41) is 13.5. The molecule has 3 amide bonds. The minimum Gasteiger partial charge on any atom is -0.480 e. The van der Waals surface area contributed by atoms with Crippen molar-refractivity contribution < 1.29 is 19.5 Å². The van der Waals surface area contributed by atoms with E-state index in [0.29, 0.717) is 6.54 Å². The lowest BCUT2D eigenvalue weighted by atomic mass is 10.2. The van der Waals surface area contributed by atoms with Crippen molar-refractivity contribution in [3.63, 3.8) is 0 Å². The van der Waals surface area contributed by atoms with Gasteiger partial charge in [0.25, 0.3) is 0 Å². The zero-order chi connectivity index (χ0) is 14.3. The van der Waals surface area contributed by atoms with Gasteiger partial charge in [0.1, 0.15) is 6.04 Å². The van der Waals surface area contributed by atoms with Crippen LogP contribution in [0.25, 0.3) is 0 Å². The monoisotopic (exact) mass is 260 g/mol. The Morgan fingerprint density at radius 1 is 1.28 bits per heavy atom. The fraction of sp³-hybridized carbons (Fsp3) is 0.700. The molecule has 0 aromatic heterocycles. The van der Waals surface area contributed by atoms with Crippen LogP contribution in [0.2, 0.25) is 0 Å². The first kappa shape index (κ1) is 16.2. The van der Waals surface area contributed by atoms with Crippen LogP contribution in [0.3, 0.4) is 0 Å². The molecule has 0 heterocycles. The van der Waals surface area contributed by atoms with Crippen LogP contribution in [-0.2, 0) is 9.59 Å². The Labute approximate surface area is 106 Å².